The van der Waals surface area contributed by atoms with Gasteiger partial charge in [-0.25, -0.2) is 4.79 Å². The number of halogens is 1. The van der Waals surface area contributed by atoms with E-state index in [9.17, 15) is 14.4 Å². The molecule has 0 aliphatic carbocycles. The Kier molecular flexibility index (Phi) is 5.27. The van der Waals surface area contributed by atoms with Crippen LogP contribution in [0.15, 0.2) is 47.1 Å². The van der Waals surface area contributed by atoms with Gasteiger partial charge in [0.15, 0.2) is 0 Å². The van der Waals surface area contributed by atoms with Gasteiger partial charge in [0.05, 0.1) is 23.5 Å². The van der Waals surface area contributed by atoms with E-state index in [1.54, 1.807) is 43.3 Å². The summed E-state index contributed by atoms with van der Waals surface area (Å²) in [4.78, 5) is 41.3. The van der Waals surface area contributed by atoms with Crippen LogP contribution in [-0.4, -0.2) is 47.3 Å². The summed E-state index contributed by atoms with van der Waals surface area (Å²) in [6, 6.07) is 9.64. The van der Waals surface area contributed by atoms with Crippen LogP contribution in [0, 0.1) is 0 Å². The number of anilines is 1. The molecule has 1 aromatic carbocycles. The van der Waals surface area contributed by atoms with Crippen LogP contribution < -0.4 is 4.90 Å². The number of hydrogen-bond acceptors (Lipinski definition) is 4. The van der Waals surface area contributed by atoms with E-state index in [1.807, 2.05) is 0 Å². The van der Waals surface area contributed by atoms with Crippen LogP contribution in [0.4, 0.5) is 10.5 Å². The third-order valence-corrected chi connectivity index (χ3v) is 4.51. The number of likely N-dealkylation sites (N-methyl/N-ethyl adjacent to an activating group) is 1. The molecule has 136 valence electrons. The number of para-hydroxylation sites is 1. The molecule has 0 radical (unpaired) electrons. The van der Waals surface area contributed by atoms with E-state index in [0.717, 1.165) is 4.90 Å². The lowest BCUT2D eigenvalue weighted by atomic mass is 10.2. The standard InChI is InChI=1S/C18H18ClN3O4/c1-2-20-9-10-21(17(24)16(20)23)18(25)22(12-13-6-5-11-26-13)15-8-4-3-7-14(15)19/h3-8,11H,2,9-10,12H2,1H3. The number of furan rings is 1. The quantitative estimate of drug-likeness (QED) is 0.770. The molecule has 1 aliphatic heterocycles. The number of urea groups is 1. The van der Waals surface area contributed by atoms with Crippen LogP contribution in [0.5, 0.6) is 0 Å². The number of piperazine rings is 1. The lowest BCUT2D eigenvalue weighted by molar-refractivity contribution is -0.153. The summed E-state index contributed by atoms with van der Waals surface area (Å²) < 4.78 is 5.33. The number of carbonyl (C=O) groups excluding carboxylic acids is 3. The predicted octanol–water partition coefficient (Wildman–Crippen LogP) is 2.75. The predicted molar refractivity (Wildman–Crippen MR) is 95.7 cm³/mol. The van der Waals surface area contributed by atoms with Gasteiger partial charge in [0.25, 0.3) is 0 Å². The third kappa shape index (κ3) is 3.43. The molecule has 2 aromatic rings. The number of carbonyl (C=O) groups is 3. The van der Waals surface area contributed by atoms with Crippen molar-refractivity contribution in [3.8, 4) is 0 Å². The zero-order chi connectivity index (χ0) is 18.7. The van der Waals surface area contributed by atoms with Crippen LogP contribution in [0.1, 0.15) is 12.7 Å². The van der Waals surface area contributed by atoms with Gasteiger partial charge in [-0.05, 0) is 31.2 Å². The molecular weight excluding hydrogens is 358 g/mol. The zero-order valence-electron chi connectivity index (χ0n) is 14.2. The van der Waals surface area contributed by atoms with Gasteiger partial charge < -0.3 is 9.32 Å². The first-order chi connectivity index (χ1) is 12.5. The Balaban J connectivity index is 1.91. The van der Waals surface area contributed by atoms with Crippen molar-refractivity contribution >= 4 is 35.1 Å². The fourth-order valence-corrected chi connectivity index (χ4v) is 3.03. The van der Waals surface area contributed by atoms with E-state index in [-0.39, 0.29) is 13.1 Å². The molecule has 7 nitrogen and oxygen atoms in total. The molecule has 0 N–H and O–H groups in total. The molecule has 0 saturated carbocycles. The average molecular weight is 376 g/mol. The van der Waals surface area contributed by atoms with E-state index in [2.05, 4.69) is 0 Å². The zero-order valence-corrected chi connectivity index (χ0v) is 15.0. The Morgan fingerprint density at radius 1 is 1.15 bits per heavy atom. The van der Waals surface area contributed by atoms with E-state index < -0.39 is 17.8 Å². The van der Waals surface area contributed by atoms with Crippen molar-refractivity contribution in [2.45, 2.75) is 13.5 Å². The van der Waals surface area contributed by atoms with Crippen molar-refractivity contribution < 1.29 is 18.8 Å². The summed E-state index contributed by atoms with van der Waals surface area (Å²) >= 11 is 6.25. The number of rotatable bonds is 4. The van der Waals surface area contributed by atoms with Crippen LogP contribution in [0.2, 0.25) is 5.02 Å². The van der Waals surface area contributed by atoms with Gasteiger partial charge in [-0.15, -0.1) is 0 Å². The van der Waals surface area contributed by atoms with Gasteiger partial charge >= 0.3 is 17.8 Å². The number of benzene rings is 1. The van der Waals surface area contributed by atoms with Gasteiger partial charge in [0.2, 0.25) is 0 Å². The molecular formula is C18H18ClN3O4. The van der Waals surface area contributed by atoms with Gasteiger partial charge in [0, 0.05) is 19.6 Å². The molecule has 2 heterocycles. The van der Waals surface area contributed by atoms with Gasteiger partial charge in [0.1, 0.15) is 5.76 Å². The van der Waals surface area contributed by atoms with Crippen LogP contribution in [0.25, 0.3) is 0 Å². The number of amides is 4. The van der Waals surface area contributed by atoms with Gasteiger partial charge in [-0.2, -0.15) is 0 Å². The largest absolute Gasteiger partial charge is 0.467 e. The second-order valence-electron chi connectivity index (χ2n) is 5.74. The highest BCUT2D eigenvalue weighted by atomic mass is 35.5. The minimum Gasteiger partial charge on any atom is -0.467 e. The fraction of sp³-hybridized carbons (Fsp3) is 0.278. The maximum Gasteiger partial charge on any atom is 0.332 e. The highest BCUT2D eigenvalue weighted by molar-refractivity contribution is 6.39. The Labute approximate surface area is 155 Å². The van der Waals surface area contributed by atoms with Gasteiger partial charge in [-0.3, -0.25) is 19.4 Å². The molecule has 3 rings (SSSR count). The maximum atomic E-state index is 13.1. The van der Waals surface area contributed by atoms with E-state index in [4.69, 9.17) is 16.0 Å². The number of imide groups is 1. The second kappa shape index (κ2) is 7.61. The molecule has 26 heavy (non-hydrogen) atoms. The summed E-state index contributed by atoms with van der Waals surface area (Å²) in [5, 5.41) is 0.360. The first-order valence-corrected chi connectivity index (χ1v) is 8.60. The molecule has 1 aliphatic rings. The molecule has 1 fully saturated rings. The molecule has 0 bridgehead atoms. The minimum absolute atomic E-state index is 0.0883. The summed E-state index contributed by atoms with van der Waals surface area (Å²) in [6.45, 7) is 2.74. The summed E-state index contributed by atoms with van der Waals surface area (Å²) in [5.74, 6) is -0.979. The second-order valence-corrected chi connectivity index (χ2v) is 6.15. The summed E-state index contributed by atoms with van der Waals surface area (Å²) in [5.41, 5.74) is 0.439. The van der Waals surface area contributed by atoms with E-state index in [0.29, 0.717) is 29.6 Å². The van der Waals surface area contributed by atoms with Crippen molar-refractivity contribution in [1.29, 1.82) is 0 Å². The molecule has 4 amide bonds. The van der Waals surface area contributed by atoms with Crippen molar-refractivity contribution in [1.82, 2.24) is 9.80 Å². The molecule has 1 saturated heterocycles. The Morgan fingerprint density at radius 3 is 2.58 bits per heavy atom. The Hall–Kier alpha value is -2.80. The highest BCUT2D eigenvalue weighted by Crippen LogP contribution is 2.28. The minimum atomic E-state index is -0.834. The SMILES string of the molecule is CCN1CCN(C(=O)N(Cc2ccco2)c2ccccc2Cl)C(=O)C1=O. The normalized spacial score (nSPS) is 14.7. The Bertz CT molecular complexity index is 822. The van der Waals surface area contributed by atoms with Crippen molar-refractivity contribution in [2.24, 2.45) is 0 Å². The van der Waals surface area contributed by atoms with Gasteiger partial charge in [-0.1, -0.05) is 23.7 Å². The van der Waals surface area contributed by atoms with Crippen LogP contribution in [0.3, 0.4) is 0 Å². The highest BCUT2D eigenvalue weighted by Gasteiger charge is 2.38. The lowest BCUT2D eigenvalue weighted by Gasteiger charge is -2.35. The van der Waals surface area contributed by atoms with E-state index >= 15 is 0 Å². The topological polar surface area (TPSA) is 74.1 Å². The molecule has 0 atom stereocenters. The summed E-state index contributed by atoms with van der Waals surface area (Å²) in [7, 11) is 0. The van der Waals surface area contributed by atoms with Crippen LogP contribution >= 0.6 is 11.6 Å². The lowest BCUT2D eigenvalue weighted by Crippen LogP contribution is -2.58. The fourth-order valence-electron chi connectivity index (χ4n) is 2.79. The molecule has 8 heteroatoms. The first-order valence-electron chi connectivity index (χ1n) is 8.22. The van der Waals surface area contributed by atoms with Crippen LogP contribution in [-0.2, 0) is 16.1 Å². The average Bonchev–Trinajstić information content (AvgIpc) is 3.15. The number of nitrogens with zero attached hydrogens (tertiary/aromatic N) is 3. The van der Waals surface area contributed by atoms with Crippen molar-refractivity contribution in [3.63, 3.8) is 0 Å². The molecule has 0 unspecified atom stereocenters. The Morgan fingerprint density at radius 2 is 1.92 bits per heavy atom. The summed E-state index contributed by atoms with van der Waals surface area (Å²) in [6.07, 6.45) is 1.50. The van der Waals surface area contributed by atoms with Crippen molar-refractivity contribution in [2.75, 3.05) is 24.5 Å². The maximum absolute atomic E-state index is 13.1. The third-order valence-electron chi connectivity index (χ3n) is 4.19. The van der Waals surface area contributed by atoms with Crippen molar-refractivity contribution in [3.05, 3.63) is 53.4 Å². The number of hydrogen-bond donors (Lipinski definition) is 0. The van der Waals surface area contributed by atoms with E-state index in [1.165, 1.54) is 16.1 Å². The monoisotopic (exact) mass is 375 g/mol. The first kappa shape index (κ1) is 18.0. The smallest absolute Gasteiger partial charge is 0.332 e. The molecule has 1 aromatic heterocycles. The molecule has 0 spiro atoms.